The molecule has 0 amide bonds. The molecule has 0 saturated carbocycles. The zero-order valence-corrected chi connectivity index (χ0v) is 12.1. The standard InChI is InChI=1S/C18H18N2O/c1-19-16-8-9-17-15(12-16)13-20(2)10-11-21-18(17)14-6-4-3-5-7-14/h3-9,12,18H,10-11,13H2,2H3. The van der Waals surface area contributed by atoms with Gasteiger partial charge in [0.2, 0.25) is 0 Å². The van der Waals surface area contributed by atoms with Crippen molar-refractivity contribution in [1.29, 1.82) is 0 Å². The van der Waals surface area contributed by atoms with E-state index >= 15 is 0 Å². The highest BCUT2D eigenvalue weighted by molar-refractivity contribution is 5.51. The van der Waals surface area contributed by atoms with Crippen molar-refractivity contribution in [2.45, 2.75) is 12.6 Å². The molecule has 21 heavy (non-hydrogen) atoms. The summed E-state index contributed by atoms with van der Waals surface area (Å²) in [5, 5.41) is 0. The molecule has 1 unspecified atom stereocenters. The molecule has 2 aromatic carbocycles. The summed E-state index contributed by atoms with van der Waals surface area (Å²) < 4.78 is 6.12. The summed E-state index contributed by atoms with van der Waals surface area (Å²) in [4.78, 5) is 5.78. The molecular formula is C18H18N2O. The predicted molar refractivity (Wildman–Crippen MR) is 83.3 cm³/mol. The molecule has 106 valence electrons. The number of hydrogen-bond donors (Lipinski definition) is 0. The van der Waals surface area contributed by atoms with Crippen LogP contribution in [0, 0.1) is 6.57 Å². The number of ether oxygens (including phenoxy) is 1. The quantitative estimate of drug-likeness (QED) is 0.738. The molecule has 0 bridgehead atoms. The number of fused-ring (bicyclic) bond motifs is 1. The van der Waals surface area contributed by atoms with Gasteiger partial charge in [-0.3, -0.25) is 4.90 Å². The maximum absolute atomic E-state index is 7.20. The summed E-state index contributed by atoms with van der Waals surface area (Å²) in [6.07, 6.45) is -0.0466. The number of benzene rings is 2. The molecule has 0 N–H and O–H groups in total. The van der Waals surface area contributed by atoms with Crippen LogP contribution in [0.2, 0.25) is 0 Å². The number of hydrogen-bond acceptors (Lipinski definition) is 2. The van der Waals surface area contributed by atoms with Crippen LogP contribution in [0.5, 0.6) is 0 Å². The van der Waals surface area contributed by atoms with Gasteiger partial charge in [0.05, 0.1) is 13.2 Å². The van der Waals surface area contributed by atoms with E-state index in [1.807, 2.05) is 36.4 Å². The van der Waals surface area contributed by atoms with Gasteiger partial charge in [0.25, 0.3) is 0 Å². The van der Waals surface area contributed by atoms with Gasteiger partial charge in [-0.2, -0.15) is 0 Å². The first-order valence-electron chi connectivity index (χ1n) is 7.13. The van der Waals surface area contributed by atoms with Gasteiger partial charge in [0, 0.05) is 13.1 Å². The van der Waals surface area contributed by atoms with Gasteiger partial charge in [-0.15, -0.1) is 0 Å². The minimum absolute atomic E-state index is 0.0466. The molecule has 1 atom stereocenters. The minimum Gasteiger partial charge on any atom is -0.367 e. The van der Waals surface area contributed by atoms with E-state index in [9.17, 15) is 0 Å². The highest BCUT2D eigenvalue weighted by Crippen LogP contribution is 2.32. The van der Waals surface area contributed by atoms with Crippen molar-refractivity contribution in [2.75, 3.05) is 20.2 Å². The molecule has 0 spiro atoms. The van der Waals surface area contributed by atoms with E-state index in [1.165, 1.54) is 16.7 Å². The molecule has 1 heterocycles. The molecular weight excluding hydrogens is 260 g/mol. The fourth-order valence-electron chi connectivity index (χ4n) is 2.74. The van der Waals surface area contributed by atoms with Crippen molar-refractivity contribution in [2.24, 2.45) is 0 Å². The van der Waals surface area contributed by atoms with Crippen LogP contribution in [0.4, 0.5) is 5.69 Å². The second-order valence-corrected chi connectivity index (χ2v) is 5.39. The third-order valence-corrected chi connectivity index (χ3v) is 3.84. The maximum Gasteiger partial charge on any atom is 0.187 e. The van der Waals surface area contributed by atoms with Crippen molar-refractivity contribution in [3.8, 4) is 0 Å². The van der Waals surface area contributed by atoms with E-state index in [0.29, 0.717) is 12.3 Å². The van der Waals surface area contributed by atoms with Gasteiger partial charge in [-0.1, -0.05) is 48.5 Å². The Morgan fingerprint density at radius 2 is 2.00 bits per heavy atom. The lowest BCUT2D eigenvalue weighted by molar-refractivity contribution is 0.0554. The van der Waals surface area contributed by atoms with Crippen molar-refractivity contribution in [1.82, 2.24) is 4.90 Å². The lowest BCUT2D eigenvalue weighted by Crippen LogP contribution is -2.27. The van der Waals surface area contributed by atoms with Gasteiger partial charge in [0.15, 0.2) is 5.69 Å². The first-order chi connectivity index (χ1) is 10.3. The summed E-state index contributed by atoms with van der Waals surface area (Å²) in [5.41, 5.74) is 4.20. The SMILES string of the molecule is [C-]#[N+]c1ccc2c(c1)CN(C)CCOC2c1ccccc1. The molecule has 0 radical (unpaired) electrons. The molecule has 0 aliphatic carbocycles. The Labute approximate surface area is 125 Å². The summed E-state index contributed by atoms with van der Waals surface area (Å²) in [5.74, 6) is 0. The number of nitrogens with zero attached hydrogens (tertiary/aromatic N) is 2. The van der Waals surface area contributed by atoms with Crippen LogP contribution < -0.4 is 0 Å². The third-order valence-electron chi connectivity index (χ3n) is 3.84. The van der Waals surface area contributed by atoms with Crippen LogP contribution >= 0.6 is 0 Å². The summed E-state index contributed by atoms with van der Waals surface area (Å²) in [7, 11) is 2.08. The van der Waals surface area contributed by atoms with Gasteiger partial charge >= 0.3 is 0 Å². The minimum atomic E-state index is -0.0466. The first kappa shape index (κ1) is 13.8. The molecule has 0 saturated heterocycles. The van der Waals surface area contributed by atoms with E-state index in [2.05, 4.69) is 28.9 Å². The van der Waals surface area contributed by atoms with E-state index in [4.69, 9.17) is 11.3 Å². The van der Waals surface area contributed by atoms with E-state index in [0.717, 1.165) is 13.1 Å². The predicted octanol–water partition coefficient (Wildman–Crippen LogP) is 3.79. The lowest BCUT2D eigenvalue weighted by Gasteiger charge is -2.28. The fraction of sp³-hybridized carbons (Fsp3) is 0.278. The Morgan fingerprint density at radius 1 is 1.19 bits per heavy atom. The van der Waals surface area contributed by atoms with E-state index in [-0.39, 0.29) is 6.10 Å². The van der Waals surface area contributed by atoms with Gasteiger partial charge < -0.3 is 4.74 Å². The Kier molecular flexibility index (Phi) is 4.01. The Bertz CT molecular complexity index is 661. The molecule has 1 aliphatic rings. The molecule has 2 aromatic rings. The largest absolute Gasteiger partial charge is 0.367 e. The highest BCUT2D eigenvalue weighted by Gasteiger charge is 2.21. The van der Waals surface area contributed by atoms with Crippen LogP contribution in [0.1, 0.15) is 22.8 Å². The topological polar surface area (TPSA) is 16.8 Å². The normalized spacial score (nSPS) is 19.1. The number of likely N-dealkylation sites (N-methyl/N-ethyl adjacent to an activating group) is 1. The van der Waals surface area contributed by atoms with E-state index < -0.39 is 0 Å². The Morgan fingerprint density at radius 3 is 2.76 bits per heavy atom. The van der Waals surface area contributed by atoms with E-state index in [1.54, 1.807) is 0 Å². The van der Waals surface area contributed by atoms with Gasteiger partial charge in [-0.05, 0) is 23.7 Å². The van der Waals surface area contributed by atoms with Crippen LogP contribution in [-0.4, -0.2) is 25.1 Å². The average Bonchev–Trinajstić information content (AvgIpc) is 2.51. The zero-order chi connectivity index (χ0) is 14.7. The summed E-state index contributed by atoms with van der Waals surface area (Å²) in [6.45, 7) is 9.66. The Balaban J connectivity index is 2.08. The molecule has 3 heteroatoms. The molecule has 1 aliphatic heterocycles. The van der Waals surface area contributed by atoms with Crippen molar-refractivity contribution >= 4 is 5.69 Å². The zero-order valence-electron chi connectivity index (χ0n) is 12.1. The third kappa shape index (κ3) is 2.97. The highest BCUT2D eigenvalue weighted by atomic mass is 16.5. The first-order valence-corrected chi connectivity index (χ1v) is 7.13. The second kappa shape index (κ2) is 6.09. The maximum atomic E-state index is 7.20. The molecule has 3 rings (SSSR count). The summed E-state index contributed by atoms with van der Waals surface area (Å²) >= 11 is 0. The van der Waals surface area contributed by atoms with Crippen LogP contribution in [0.25, 0.3) is 4.85 Å². The van der Waals surface area contributed by atoms with Gasteiger partial charge in [0.1, 0.15) is 6.10 Å². The Hall–Kier alpha value is -2.15. The monoisotopic (exact) mass is 278 g/mol. The van der Waals surface area contributed by atoms with Gasteiger partial charge in [-0.25, -0.2) is 4.85 Å². The lowest BCUT2D eigenvalue weighted by atomic mass is 9.95. The molecule has 3 nitrogen and oxygen atoms in total. The van der Waals surface area contributed by atoms with Crippen LogP contribution in [0.15, 0.2) is 48.5 Å². The second-order valence-electron chi connectivity index (χ2n) is 5.39. The van der Waals surface area contributed by atoms with Crippen LogP contribution in [0.3, 0.4) is 0 Å². The molecule has 0 aromatic heterocycles. The smallest absolute Gasteiger partial charge is 0.187 e. The van der Waals surface area contributed by atoms with Crippen LogP contribution in [-0.2, 0) is 11.3 Å². The average molecular weight is 278 g/mol. The van der Waals surface area contributed by atoms with Crippen molar-refractivity contribution in [3.05, 3.63) is 76.6 Å². The van der Waals surface area contributed by atoms with Crippen molar-refractivity contribution in [3.63, 3.8) is 0 Å². The fourth-order valence-corrected chi connectivity index (χ4v) is 2.74. The molecule has 0 fully saturated rings. The van der Waals surface area contributed by atoms with Crippen molar-refractivity contribution < 1.29 is 4.74 Å². The summed E-state index contributed by atoms with van der Waals surface area (Å²) in [6, 6.07) is 16.2. The number of rotatable bonds is 1.